The Bertz CT molecular complexity index is 380. The number of ether oxygens (including phenoxy) is 1. The van der Waals surface area contributed by atoms with E-state index >= 15 is 0 Å². The van der Waals surface area contributed by atoms with Gasteiger partial charge in [-0.25, -0.2) is 0 Å². The normalized spacial score (nSPS) is 29.3. The molecule has 0 bridgehead atoms. The fourth-order valence-electron chi connectivity index (χ4n) is 2.24. The quantitative estimate of drug-likeness (QED) is 0.857. The maximum atomic E-state index is 11.9. The highest BCUT2D eigenvalue weighted by molar-refractivity contribution is 5.83. The molecule has 4 nitrogen and oxygen atoms in total. The van der Waals surface area contributed by atoms with Crippen LogP contribution in [0.4, 0.5) is 0 Å². The lowest BCUT2D eigenvalue weighted by molar-refractivity contribution is -0.126. The number of hydrogen-bond acceptors (Lipinski definition) is 4. The van der Waals surface area contributed by atoms with Gasteiger partial charge in [-0.15, -0.1) is 0 Å². The molecule has 0 unspecified atom stereocenters. The minimum absolute atomic E-state index is 0.0165. The van der Waals surface area contributed by atoms with Crippen LogP contribution in [0.15, 0.2) is 24.5 Å². The van der Waals surface area contributed by atoms with Crippen molar-refractivity contribution in [1.29, 1.82) is 0 Å². The van der Waals surface area contributed by atoms with Gasteiger partial charge in [-0.2, -0.15) is 0 Å². The molecule has 92 valence electrons. The first-order valence-electron chi connectivity index (χ1n) is 5.90. The number of nitrogens with one attached hydrogen (secondary N) is 1. The molecule has 1 aliphatic rings. The summed E-state index contributed by atoms with van der Waals surface area (Å²) in [6.07, 6.45) is 4.08. The molecule has 17 heavy (non-hydrogen) atoms. The molecule has 1 aromatic rings. The smallest absolute Gasteiger partial charge is 0.139 e. The summed E-state index contributed by atoms with van der Waals surface area (Å²) in [7, 11) is 1.66. The van der Waals surface area contributed by atoms with E-state index in [-0.39, 0.29) is 18.0 Å². The predicted molar refractivity (Wildman–Crippen MR) is 64.6 cm³/mol. The van der Waals surface area contributed by atoms with Crippen molar-refractivity contribution in [3.8, 4) is 0 Å². The van der Waals surface area contributed by atoms with Crippen molar-refractivity contribution >= 4 is 5.78 Å². The fraction of sp³-hybridized carbons (Fsp3) is 0.538. The Labute approximate surface area is 101 Å². The number of carbonyl (C=O) groups is 1. The molecule has 0 aliphatic carbocycles. The number of methoxy groups -OCH3 is 1. The molecule has 0 saturated carbocycles. The molecular weight excluding hydrogens is 216 g/mol. The van der Waals surface area contributed by atoms with Crippen LogP contribution >= 0.6 is 0 Å². The number of carbonyl (C=O) groups excluding carboxylic acids is 1. The highest BCUT2D eigenvalue weighted by Crippen LogP contribution is 2.26. The van der Waals surface area contributed by atoms with Gasteiger partial charge >= 0.3 is 0 Å². The number of rotatable bonds is 3. The van der Waals surface area contributed by atoms with Gasteiger partial charge in [0.15, 0.2) is 0 Å². The van der Waals surface area contributed by atoms with Crippen molar-refractivity contribution in [3.05, 3.63) is 30.1 Å². The molecule has 1 saturated heterocycles. The monoisotopic (exact) mass is 234 g/mol. The zero-order valence-corrected chi connectivity index (χ0v) is 10.2. The minimum atomic E-state index is 0.0165. The van der Waals surface area contributed by atoms with Gasteiger partial charge < -0.3 is 10.1 Å². The lowest BCUT2D eigenvalue weighted by Crippen LogP contribution is -2.49. The molecule has 1 fully saturated rings. The Kier molecular flexibility index (Phi) is 3.86. The fourth-order valence-corrected chi connectivity index (χ4v) is 2.24. The Hall–Kier alpha value is -1.26. The Morgan fingerprint density at radius 2 is 2.41 bits per heavy atom. The molecule has 0 amide bonds. The number of nitrogens with zero attached hydrogens (tertiary/aromatic N) is 1. The molecule has 0 radical (unpaired) electrons. The number of hydrogen-bond donors (Lipinski definition) is 1. The predicted octanol–water partition coefficient (Wildman–Crippen LogP) is 1.34. The van der Waals surface area contributed by atoms with Crippen LogP contribution in [0.2, 0.25) is 0 Å². The van der Waals surface area contributed by atoms with E-state index in [1.807, 2.05) is 25.3 Å². The highest BCUT2D eigenvalue weighted by Gasteiger charge is 2.33. The first-order chi connectivity index (χ1) is 8.22. The standard InChI is InChI=1S/C13H18N2O2/c1-9-12(8-17-2)15-11(6-13(9)16)10-4-3-5-14-7-10/h3-5,7,9,11-12,15H,6,8H2,1-2H3/t9-,11+,12+/m0/s1. The maximum Gasteiger partial charge on any atom is 0.139 e. The largest absolute Gasteiger partial charge is 0.383 e. The third kappa shape index (κ3) is 2.70. The molecule has 0 aromatic carbocycles. The second kappa shape index (κ2) is 5.38. The van der Waals surface area contributed by atoms with Gasteiger partial charge in [0.2, 0.25) is 0 Å². The lowest BCUT2D eigenvalue weighted by Gasteiger charge is -2.34. The molecule has 0 spiro atoms. The van der Waals surface area contributed by atoms with Gasteiger partial charge in [0.05, 0.1) is 6.61 Å². The zero-order chi connectivity index (χ0) is 12.3. The van der Waals surface area contributed by atoms with E-state index in [2.05, 4.69) is 10.3 Å². The molecule has 1 aliphatic heterocycles. The van der Waals surface area contributed by atoms with Crippen molar-refractivity contribution in [2.24, 2.45) is 5.92 Å². The van der Waals surface area contributed by atoms with Gasteiger partial charge in [-0.1, -0.05) is 13.0 Å². The van der Waals surface area contributed by atoms with Crippen LogP contribution in [-0.4, -0.2) is 30.5 Å². The summed E-state index contributed by atoms with van der Waals surface area (Å²) in [6, 6.07) is 4.04. The summed E-state index contributed by atoms with van der Waals surface area (Å²) in [4.78, 5) is 16.0. The van der Waals surface area contributed by atoms with Crippen LogP contribution in [0.25, 0.3) is 0 Å². The molecular formula is C13H18N2O2. The van der Waals surface area contributed by atoms with Crippen LogP contribution in [0.5, 0.6) is 0 Å². The number of aromatic nitrogens is 1. The van der Waals surface area contributed by atoms with Gasteiger partial charge in [-0.3, -0.25) is 9.78 Å². The van der Waals surface area contributed by atoms with Crippen LogP contribution < -0.4 is 5.32 Å². The Morgan fingerprint density at radius 1 is 1.59 bits per heavy atom. The summed E-state index contributed by atoms with van der Waals surface area (Å²) in [5.41, 5.74) is 1.06. The Morgan fingerprint density at radius 3 is 3.06 bits per heavy atom. The van der Waals surface area contributed by atoms with Gasteiger partial charge in [-0.05, 0) is 11.6 Å². The van der Waals surface area contributed by atoms with Crippen molar-refractivity contribution in [2.75, 3.05) is 13.7 Å². The summed E-state index contributed by atoms with van der Waals surface area (Å²) in [5, 5.41) is 3.46. The number of pyridine rings is 1. The van der Waals surface area contributed by atoms with Gasteiger partial charge in [0.1, 0.15) is 5.78 Å². The average Bonchev–Trinajstić information content (AvgIpc) is 2.36. The number of ketones is 1. The van der Waals surface area contributed by atoms with E-state index in [0.717, 1.165) is 5.56 Å². The second-order valence-electron chi connectivity index (χ2n) is 4.53. The van der Waals surface area contributed by atoms with Crippen molar-refractivity contribution in [2.45, 2.75) is 25.4 Å². The van der Waals surface area contributed by atoms with Crippen LogP contribution in [-0.2, 0) is 9.53 Å². The summed E-state index contributed by atoms with van der Waals surface area (Å²) in [6.45, 7) is 2.52. The van der Waals surface area contributed by atoms with Gasteiger partial charge in [0, 0.05) is 43.9 Å². The first kappa shape index (κ1) is 12.2. The number of Topliss-reactive ketones (excluding diaryl/α,β-unsaturated/α-hetero) is 1. The maximum absolute atomic E-state index is 11.9. The molecule has 1 N–H and O–H groups in total. The molecule has 1 aromatic heterocycles. The van der Waals surface area contributed by atoms with E-state index in [1.165, 1.54) is 0 Å². The second-order valence-corrected chi connectivity index (χ2v) is 4.53. The Balaban J connectivity index is 2.13. The SMILES string of the molecule is COC[C@H]1N[C@@H](c2cccnc2)CC(=O)[C@H]1C. The van der Waals surface area contributed by atoms with Crippen LogP contribution in [0.1, 0.15) is 24.9 Å². The third-order valence-electron chi connectivity index (χ3n) is 3.36. The minimum Gasteiger partial charge on any atom is -0.383 e. The first-order valence-corrected chi connectivity index (χ1v) is 5.90. The lowest BCUT2D eigenvalue weighted by atomic mass is 9.86. The van der Waals surface area contributed by atoms with E-state index in [0.29, 0.717) is 18.8 Å². The van der Waals surface area contributed by atoms with E-state index in [9.17, 15) is 4.79 Å². The molecule has 4 heteroatoms. The molecule has 2 rings (SSSR count). The van der Waals surface area contributed by atoms with Crippen molar-refractivity contribution in [3.63, 3.8) is 0 Å². The molecule has 2 heterocycles. The van der Waals surface area contributed by atoms with Crippen molar-refractivity contribution < 1.29 is 9.53 Å². The highest BCUT2D eigenvalue weighted by atomic mass is 16.5. The van der Waals surface area contributed by atoms with E-state index < -0.39 is 0 Å². The topological polar surface area (TPSA) is 51.2 Å². The van der Waals surface area contributed by atoms with Crippen LogP contribution in [0.3, 0.4) is 0 Å². The summed E-state index contributed by atoms with van der Waals surface area (Å²) in [5.74, 6) is 0.308. The van der Waals surface area contributed by atoms with E-state index in [1.54, 1.807) is 13.3 Å². The zero-order valence-electron chi connectivity index (χ0n) is 10.2. The van der Waals surface area contributed by atoms with Crippen LogP contribution in [0, 0.1) is 5.92 Å². The third-order valence-corrected chi connectivity index (χ3v) is 3.36. The average molecular weight is 234 g/mol. The van der Waals surface area contributed by atoms with Crippen molar-refractivity contribution in [1.82, 2.24) is 10.3 Å². The summed E-state index contributed by atoms with van der Waals surface area (Å²) < 4.78 is 5.15. The van der Waals surface area contributed by atoms with E-state index in [4.69, 9.17) is 4.74 Å². The summed E-state index contributed by atoms with van der Waals surface area (Å²) >= 11 is 0. The molecule has 3 atom stereocenters. The number of piperidine rings is 1. The van der Waals surface area contributed by atoms with Gasteiger partial charge in [0.25, 0.3) is 0 Å².